The van der Waals surface area contributed by atoms with Gasteiger partial charge >= 0.3 is 0 Å². The molecule has 0 bridgehead atoms. The summed E-state index contributed by atoms with van der Waals surface area (Å²) in [6.45, 7) is 3.69. The van der Waals surface area contributed by atoms with E-state index in [2.05, 4.69) is 9.97 Å². The first-order valence-corrected chi connectivity index (χ1v) is 3.14. The molecule has 0 aliphatic heterocycles. The van der Waals surface area contributed by atoms with Gasteiger partial charge in [-0.25, -0.2) is 0 Å². The predicted molar refractivity (Wildman–Crippen MR) is 37.4 cm³/mol. The largest absolute Gasteiger partial charge is 0.390 e. The quantitative estimate of drug-likeness (QED) is 0.617. The molecule has 0 saturated heterocycles. The molecule has 0 aromatic carbocycles. The van der Waals surface area contributed by atoms with Gasteiger partial charge in [-0.2, -0.15) is 0 Å². The van der Waals surface area contributed by atoms with Crippen molar-refractivity contribution >= 4 is 0 Å². The second-order valence-electron chi connectivity index (χ2n) is 2.20. The smallest absolute Gasteiger partial charge is 0.0871 e. The van der Waals surface area contributed by atoms with E-state index in [0.717, 1.165) is 11.4 Å². The van der Waals surface area contributed by atoms with Crippen LogP contribution in [0.15, 0.2) is 6.20 Å². The molecule has 0 amide bonds. The van der Waals surface area contributed by atoms with E-state index in [1.165, 1.54) is 0 Å². The van der Waals surface area contributed by atoms with Crippen molar-refractivity contribution in [2.75, 3.05) is 0 Å². The average Bonchev–Trinajstić information content (AvgIpc) is 1.88. The van der Waals surface area contributed by atoms with Crippen LogP contribution in [0.5, 0.6) is 0 Å². The Labute approximate surface area is 59.8 Å². The summed E-state index contributed by atoms with van der Waals surface area (Å²) in [6.07, 6.45) is 1.65. The molecule has 0 radical (unpaired) electrons. The number of nitrogens with zero attached hydrogens (tertiary/aromatic N) is 2. The normalized spacial score (nSPS) is 9.90. The molecule has 1 heterocycles. The molecule has 0 fully saturated rings. The Bertz CT molecular complexity index is 235. The topological polar surface area (TPSA) is 46.0 Å². The van der Waals surface area contributed by atoms with Gasteiger partial charge in [-0.15, -0.1) is 0 Å². The summed E-state index contributed by atoms with van der Waals surface area (Å²) in [5.41, 5.74) is 2.35. The van der Waals surface area contributed by atoms with Crippen molar-refractivity contribution in [1.29, 1.82) is 0 Å². The molecule has 1 aromatic rings. The van der Waals surface area contributed by atoms with Crippen molar-refractivity contribution in [1.82, 2.24) is 9.97 Å². The first-order valence-electron chi connectivity index (χ1n) is 3.14. The van der Waals surface area contributed by atoms with Gasteiger partial charge in [-0.05, 0) is 13.8 Å². The minimum absolute atomic E-state index is 0.0287. The summed E-state index contributed by atoms with van der Waals surface area (Å²) in [5, 5.41) is 8.71. The second kappa shape index (κ2) is 2.75. The first kappa shape index (κ1) is 7.15. The Kier molecular flexibility index (Phi) is 1.97. The van der Waals surface area contributed by atoms with E-state index < -0.39 is 0 Å². The van der Waals surface area contributed by atoms with Crippen LogP contribution in [-0.4, -0.2) is 15.1 Å². The third kappa shape index (κ3) is 1.30. The van der Waals surface area contributed by atoms with Crippen molar-refractivity contribution in [2.45, 2.75) is 20.5 Å². The molecular weight excluding hydrogens is 128 g/mol. The van der Waals surface area contributed by atoms with Crippen LogP contribution in [0, 0.1) is 13.8 Å². The number of aryl methyl sites for hydroxylation is 2. The number of rotatable bonds is 1. The number of hydrogen-bond acceptors (Lipinski definition) is 3. The van der Waals surface area contributed by atoms with E-state index in [9.17, 15) is 0 Å². The van der Waals surface area contributed by atoms with Gasteiger partial charge in [0.05, 0.1) is 23.7 Å². The van der Waals surface area contributed by atoms with Crippen LogP contribution in [0.4, 0.5) is 0 Å². The molecule has 0 spiro atoms. The van der Waals surface area contributed by atoms with Crippen LogP contribution < -0.4 is 0 Å². The minimum atomic E-state index is -0.0287. The fourth-order valence-corrected chi connectivity index (χ4v) is 0.778. The van der Waals surface area contributed by atoms with E-state index in [1.54, 1.807) is 6.20 Å². The number of aromatic nitrogens is 2. The zero-order valence-electron chi connectivity index (χ0n) is 6.13. The monoisotopic (exact) mass is 138 g/mol. The van der Waals surface area contributed by atoms with Crippen molar-refractivity contribution < 1.29 is 5.11 Å². The predicted octanol–water partition coefficient (Wildman–Crippen LogP) is 0.586. The van der Waals surface area contributed by atoms with Gasteiger partial charge in [0, 0.05) is 6.20 Å². The Morgan fingerprint density at radius 1 is 1.50 bits per heavy atom. The number of aliphatic hydroxyl groups is 1. The fraction of sp³-hybridized carbons (Fsp3) is 0.429. The summed E-state index contributed by atoms with van der Waals surface area (Å²) >= 11 is 0. The van der Waals surface area contributed by atoms with Gasteiger partial charge in [0.2, 0.25) is 0 Å². The summed E-state index contributed by atoms with van der Waals surface area (Å²) in [7, 11) is 0. The van der Waals surface area contributed by atoms with Crippen LogP contribution in [-0.2, 0) is 6.61 Å². The standard InChI is InChI=1S/C7H10N2O/c1-5-3-8-7(4-10)6(2)9-5/h3,10H,4H2,1-2H3. The Hall–Kier alpha value is -0.960. The zero-order valence-corrected chi connectivity index (χ0v) is 6.13. The highest BCUT2D eigenvalue weighted by Gasteiger charge is 1.97. The SMILES string of the molecule is Cc1cnc(CO)c(C)n1. The molecule has 3 heteroatoms. The van der Waals surface area contributed by atoms with E-state index in [-0.39, 0.29) is 6.61 Å². The lowest BCUT2D eigenvalue weighted by atomic mass is 10.3. The van der Waals surface area contributed by atoms with Crippen LogP contribution in [0.25, 0.3) is 0 Å². The Balaban J connectivity index is 3.07. The summed E-state index contributed by atoms with van der Waals surface area (Å²) in [6, 6.07) is 0. The van der Waals surface area contributed by atoms with E-state index in [1.807, 2.05) is 13.8 Å². The van der Waals surface area contributed by atoms with Gasteiger partial charge in [0.15, 0.2) is 0 Å². The van der Waals surface area contributed by atoms with Gasteiger partial charge in [0.25, 0.3) is 0 Å². The Morgan fingerprint density at radius 2 is 2.20 bits per heavy atom. The molecule has 10 heavy (non-hydrogen) atoms. The maximum absolute atomic E-state index is 8.71. The third-order valence-electron chi connectivity index (χ3n) is 1.32. The zero-order chi connectivity index (χ0) is 7.56. The third-order valence-corrected chi connectivity index (χ3v) is 1.32. The molecule has 54 valence electrons. The lowest BCUT2D eigenvalue weighted by molar-refractivity contribution is 0.275. The molecule has 0 unspecified atom stereocenters. The molecule has 0 atom stereocenters. The number of hydrogen-bond donors (Lipinski definition) is 1. The Morgan fingerprint density at radius 3 is 2.70 bits per heavy atom. The second-order valence-corrected chi connectivity index (χ2v) is 2.20. The summed E-state index contributed by atoms with van der Waals surface area (Å²) < 4.78 is 0. The number of aliphatic hydroxyl groups excluding tert-OH is 1. The lowest BCUT2D eigenvalue weighted by Gasteiger charge is -1.99. The van der Waals surface area contributed by atoms with Crippen molar-refractivity contribution in [3.05, 3.63) is 23.3 Å². The highest BCUT2D eigenvalue weighted by atomic mass is 16.3. The van der Waals surface area contributed by atoms with Gasteiger partial charge in [-0.1, -0.05) is 0 Å². The molecule has 1 aromatic heterocycles. The summed E-state index contributed by atoms with van der Waals surface area (Å²) in [4.78, 5) is 8.11. The lowest BCUT2D eigenvalue weighted by Crippen LogP contribution is -1.97. The highest BCUT2D eigenvalue weighted by molar-refractivity contribution is 5.10. The molecule has 1 N–H and O–H groups in total. The van der Waals surface area contributed by atoms with Crippen LogP contribution in [0.3, 0.4) is 0 Å². The fourth-order valence-electron chi connectivity index (χ4n) is 0.778. The average molecular weight is 138 g/mol. The van der Waals surface area contributed by atoms with Gasteiger partial charge in [-0.3, -0.25) is 9.97 Å². The minimum Gasteiger partial charge on any atom is -0.390 e. The molecule has 0 saturated carbocycles. The van der Waals surface area contributed by atoms with E-state index in [0.29, 0.717) is 5.69 Å². The molecule has 1 rings (SSSR count). The molecule has 0 aliphatic rings. The van der Waals surface area contributed by atoms with Crippen LogP contribution in [0.1, 0.15) is 17.1 Å². The van der Waals surface area contributed by atoms with Crippen LogP contribution in [0.2, 0.25) is 0 Å². The molecular formula is C7H10N2O. The van der Waals surface area contributed by atoms with Gasteiger partial charge < -0.3 is 5.11 Å². The summed E-state index contributed by atoms with van der Waals surface area (Å²) in [5.74, 6) is 0. The van der Waals surface area contributed by atoms with Crippen molar-refractivity contribution in [2.24, 2.45) is 0 Å². The first-order chi connectivity index (χ1) is 4.74. The van der Waals surface area contributed by atoms with Crippen molar-refractivity contribution in [3.8, 4) is 0 Å². The van der Waals surface area contributed by atoms with Crippen molar-refractivity contribution in [3.63, 3.8) is 0 Å². The molecule has 0 aliphatic carbocycles. The van der Waals surface area contributed by atoms with Crippen LogP contribution >= 0.6 is 0 Å². The highest BCUT2D eigenvalue weighted by Crippen LogP contribution is 2.00. The van der Waals surface area contributed by atoms with E-state index >= 15 is 0 Å². The van der Waals surface area contributed by atoms with E-state index in [4.69, 9.17) is 5.11 Å². The maximum Gasteiger partial charge on any atom is 0.0871 e. The van der Waals surface area contributed by atoms with Gasteiger partial charge in [0.1, 0.15) is 0 Å². The maximum atomic E-state index is 8.71. The molecule has 3 nitrogen and oxygen atoms in total.